The Kier molecular flexibility index (Phi) is 3.61. The fourth-order valence-electron chi connectivity index (χ4n) is 2.17. The highest BCUT2D eigenvalue weighted by atomic mass is 16.6. The Balaban J connectivity index is 1.98. The summed E-state index contributed by atoms with van der Waals surface area (Å²) in [5.74, 6) is 1.18. The average molecular weight is 251 g/mol. The Morgan fingerprint density at radius 3 is 3.06 bits per heavy atom. The van der Waals surface area contributed by atoms with Crippen molar-refractivity contribution in [1.29, 1.82) is 0 Å². The number of nitrogens with two attached hydrogens (primary N) is 1. The number of pyridine rings is 1. The number of anilines is 2. The lowest BCUT2D eigenvalue weighted by atomic mass is 10.1. The first-order valence-electron chi connectivity index (χ1n) is 5.89. The van der Waals surface area contributed by atoms with Crippen LogP contribution < -0.4 is 11.1 Å². The molecule has 0 amide bonds. The Morgan fingerprint density at radius 2 is 2.44 bits per heavy atom. The largest absolute Gasteiger partial charge is 0.383 e. The first kappa shape index (κ1) is 12.6. The van der Waals surface area contributed by atoms with E-state index in [1.807, 2.05) is 0 Å². The van der Waals surface area contributed by atoms with E-state index < -0.39 is 4.92 Å². The second kappa shape index (κ2) is 5.18. The van der Waals surface area contributed by atoms with Crippen molar-refractivity contribution < 1.29 is 4.92 Å². The molecule has 3 N–H and O–H groups in total. The first-order chi connectivity index (χ1) is 8.54. The molecule has 2 rings (SSSR count). The molecule has 1 fully saturated rings. The fourth-order valence-corrected chi connectivity index (χ4v) is 2.17. The molecule has 7 heteroatoms. The van der Waals surface area contributed by atoms with Crippen LogP contribution in [0.5, 0.6) is 0 Å². The van der Waals surface area contributed by atoms with E-state index in [1.54, 1.807) is 0 Å². The van der Waals surface area contributed by atoms with Gasteiger partial charge < -0.3 is 16.0 Å². The zero-order valence-electron chi connectivity index (χ0n) is 10.3. The minimum Gasteiger partial charge on any atom is -0.383 e. The molecule has 0 bridgehead atoms. The summed E-state index contributed by atoms with van der Waals surface area (Å²) in [6, 6.07) is 2.67. The summed E-state index contributed by atoms with van der Waals surface area (Å²) in [4.78, 5) is 16.5. The molecule has 7 nitrogen and oxygen atoms in total. The SMILES string of the molecule is CN1CCC(CNc2cc([N+](=O)[O-])cc(N)n2)C1. The van der Waals surface area contributed by atoms with Crippen molar-refractivity contribution >= 4 is 17.3 Å². The number of hydrogen-bond acceptors (Lipinski definition) is 6. The topological polar surface area (TPSA) is 97.3 Å². The standard InChI is InChI=1S/C11H17N5O2/c1-15-3-2-8(7-15)6-13-11-5-9(16(17)18)4-10(12)14-11/h4-5,8H,2-3,6-7H2,1H3,(H3,12,13,14). The van der Waals surface area contributed by atoms with Gasteiger partial charge in [0, 0.05) is 13.1 Å². The van der Waals surface area contributed by atoms with Gasteiger partial charge in [-0.3, -0.25) is 10.1 Å². The molecule has 1 aliphatic rings. The minimum atomic E-state index is -0.466. The van der Waals surface area contributed by atoms with E-state index in [2.05, 4.69) is 22.2 Å². The van der Waals surface area contributed by atoms with Gasteiger partial charge in [-0.25, -0.2) is 4.98 Å². The summed E-state index contributed by atoms with van der Waals surface area (Å²) in [6.45, 7) is 2.90. The van der Waals surface area contributed by atoms with Gasteiger partial charge in [0.2, 0.25) is 0 Å². The highest BCUT2D eigenvalue weighted by Crippen LogP contribution is 2.20. The van der Waals surface area contributed by atoms with Crippen molar-refractivity contribution in [2.45, 2.75) is 6.42 Å². The van der Waals surface area contributed by atoms with E-state index in [0.29, 0.717) is 11.7 Å². The average Bonchev–Trinajstić information content (AvgIpc) is 2.72. The smallest absolute Gasteiger partial charge is 0.276 e. The van der Waals surface area contributed by atoms with Gasteiger partial charge in [0.15, 0.2) is 0 Å². The van der Waals surface area contributed by atoms with Crippen LogP contribution in [0.4, 0.5) is 17.3 Å². The number of aromatic nitrogens is 1. The van der Waals surface area contributed by atoms with Crippen LogP contribution in [-0.4, -0.2) is 41.5 Å². The molecule has 1 unspecified atom stereocenters. The summed E-state index contributed by atoms with van der Waals surface area (Å²) in [5.41, 5.74) is 5.51. The number of nitro groups is 1. The summed E-state index contributed by atoms with van der Waals surface area (Å²) < 4.78 is 0. The maximum atomic E-state index is 10.7. The van der Waals surface area contributed by atoms with Crippen molar-refractivity contribution in [3.05, 3.63) is 22.2 Å². The molecular weight excluding hydrogens is 234 g/mol. The summed E-state index contributed by atoms with van der Waals surface area (Å²) in [7, 11) is 2.09. The van der Waals surface area contributed by atoms with Gasteiger partial charge in [-0.1, -0.05) is 0 Å². The van der Waals surface area contributed by atoms with Crippen LogP contribution in [0.2, 0.25) is 0 Å². The number of likely N-dealkylation sites (tertiary alicyclic amines) is 1. The van der Waals surface area contributed by atoms with Gasteiger partial charge in [0.1, 0.15) is 11.6 Å². The summed E-state index contributed by atoms with van der Waals surface area (Å²) in [6.07, 6.45) is 1.13. The van der Waals surface area contributed by atoms with Crippen LogP contribution in [0.15, 0.2) is 12.1 Å². The number of nitrogens with zero attached hydrogens (tertiary/aromatic N) is 3. The van der Waals surface area contributed by atoms with E-state index in [9.17, 15) is 10.1 Å². The highest BCUT2D eigenvalue weighted by Gasteiger charge is 2.19. The molecule has 0 radical (unpaired) electrons. The number of nitrogens with one attached hydrogen (secondary N) is 1. The lowest BCUT2D eigenvalue weighted by molar-refractivity contribution is -0.384. The van der Waals surface area contributed by atoms with Crippen molar-refractivity contribution in [2.24, 2.45) is 5.92 Å². The monoisotopic (exact) mass is 251 g/mol. The maximum Gasteiger partial charge on any atom is 0.276 e. The quantitative estimate of drug-likeness (QED) is 0.610. The molecule has 1 aromatic heterocycles. The van der Waals surface area contributed by atoms with Gasteiger partial charge in [-0.15, -0.1) is 0 Å². The summed E-state index contributed by atoms with van der Waals surface area (Å²) >= 11 is 0. The molecule has 18 heavy (non-hydrogen) atoms. The Morgan fingerprint density at radius 1 is 1.67 bits per heavy atom. The van der Waals surface area contributed by atoms with Crippen LogP contribution in [0.25, 0.3) is 0 Å². The molecular formula is C11H17N5O2. The van der Waals surface area contributed by atoms with Crippen molar-refractivity contribution in [3.63, 3.8) is 0 Å². The van der Waals surface area contributed by atoms with Gasteiger partial charge in [0.05, 0.1) is 17.1 Å². The zero-order chi connectivity index (χ0) is 13.1. The molecule has 1 aliphatic heterocycles. The van der Waals surface area contributed by atoms with Crippen molar-refractivity contribution in [3.8, 4) is 0 Å². The second-order valence-corrected chi connectivity index (χ2v) is 4.69. The van der Waals surface area contributed by atoms with Gasteiger partial charge in [0.25, 0.3) is 5.69 Å². The van der Waals surface area contributed by atoms with Crippen LogP contribution in [0, 0.1) is 16.0 Å². The van der Waals surface area contributed by atoms with E-state index >= 15 is 0 Å². The molecule has 0 saturated carbocycles. The Bertz CT molecular complexity index is 451. The van der Waals surface area contributed by atoms with Crippen LogP contribution >= 0.6 is 0 Å². The normalized spacial score (nSPS) is 19.9. The first-order valence-corrected chi connectivity index (χ1v) is 5.89. The molecule has 1 atom stereocenters. The number of hydrogen-bond donors (Lipinski definition) is 2. The zero-order valence-corrected chi connectivity index (χ0v) is 10.3. The van der Waals surface area contributed by atoms with Crippen molar-refractivity contribution in [2.75, 3.05) is 37.7 Å². The number of nitrogen functional groups attached to an aromatic ring is 1. The Hall–Kier alpha value is -1.89. The predicted octanol–water partition coefficient (Wildman–Crippen LogP) is 0.936. The van der Waals surface area contributed by atoms with E-state index in [0.717, 1.165) is 26.1 Å². The molecule has 0 aromatic carbocycles. The Labute approximate surface area is 105 Å². The third kappa shape index (κ3) is 3.07. The molecule has 0 spiro atoms. The molecule has 98 valence electrons. The fraction of sp³-hybridized carbons (Fsp3) is 0.545. The van der Waals surface area contributed by atoms with Crippen LogP contribution in [0.3, 0.4) is 0 Å². The number of rotatable bonds is 4. The van der Waals surface area contributed by atoms with Gasteiger partial charge >= 0.3 is 0 Å². The van der Waals surface area contributed by atoms with Crippen LogP contribution in [-0.2, 0) is 0 Å². The lowest BCUT2D eigenvalue weighted by Gasteiger charge is -2.12. The molecule has 2 heterocycles. The van der Waals surface area contributed by atoms with Gasteiger partial charge in [-0.2, -0.15) is 0 Å². The highest BCUT2D eigenvalue weighted by molar-refractivity contribution is 5.52. The third-order valence-corrected chi connectivity index (χ3v) is 3.10. The van der Waals surface area contributed by atoms with E-state index in [-0.39, 0.29) is 11.5 Å². The predicted molar refractivity (Wildman–Crippen MR) is 69.4 cm³/mol. The van der Waals surface area contributed by atoms with E-state index in [1.165, 1.54) is 12.1 Å². The third-order valence-electron chi connectivity index (χ3n) is 3.10. The lowest BCUT2D eigenvalue weighted by Crippen LogP contribution is -2.19. The molecule has 1 saturated heterocycles. The van der Waals surface area contributed by atoms with Crippen LogP contribution in [0.1, 0.15) is 6.42 Å². The molecule has 0 aliphatic carbocycles. The van der Waals surface area contributed by atoms with E-state index in [4.69, 9.17) is 5.73 Å². The van der Waals surface area contributed by atoms with Crippen molar-refractivity contribution in [1.82, 2.24) is 9.88 Å². The summed E-state index contributed by atoms with van der Waals surface area (Å²) in [5, 5.41) is 13.8. The second-order valence-electron chi connectivity index (χ2n) is 4.69. The minimum absolute atomic E-state index is 0.0338. The molecule has 1 aromatic rings. The maximum absolute atomic E-state index is 10.7. The van der Waals surface area contributed by atoms with Gasteiger partial charge in [-0.05, 0) is 25.9 Å².